The first-order valence-electron chi connectivity index (χ1n) is 20.4. The molecule has 59 heavy (non-hydrogen) atoms. The number of hydrogen-bond acceptors (Lipinski definition) is 1. The van der Waals surface area contributed by atoms with Crippen molar-refractivity contribution in [1.29, 1.82) is 0 Å². The van der Waals surface area contributed by atoms with Crippen LogP contribution in [0.2, 0.25) is 0 Å². The third-order valence-electron chi connectivity index (χ3n) is 13.4. The van der Waals surface area contributed by atoms with E-state index >= 15 is 0 Å². The molecule has 6 heterocycles. The number of pyridine rings is 1. The predicted octanol–water partition coefficient (Wildman–Crippen LogP) is 14.5. The normalized spacial score (nSPS) is 12.7. The van der Waals surface area contributed by atoms with E-state index in [1.54, 1.807) is 0 Å². The number of hydrogen-bond donors (Lipinski definition) is 0. The SMILES string of the molecule is c1ccc(-n2c3ccccc3c3cc(-c4cccc5c6cccc7c8nc9c(cc8n(c45)c67)c4cc5ccccc5c5c6cc7ccccc7cc6n9c45)ccc32)cc1. The van der Waals surface area contributed by atoms with Crippen LogP contribution in [-0.2, 0) is 0 Å². The van der Waals surface area contributed by atoms with Crippen molar-refractivity contribution in [3.63, 3.8) is 0 Å². The van der Waals surface area contributed by atoms with E-state index in [1.165, 1.54) is 120 Å². The molecular formula is C55H30N4. The van der Waals surface area contributed by atoms with Crippen molar-refractivity contribution in [3.8, 4) is 16.8 Å². The zero-order valence-corrected chi connectivity index (χ0v) is 31.6. The number of benzene rings is 9. The zero-order valence-electron chi connectivity index (χ0n) is 31.6. The maximum absolute atomic E-state index is 5.73. The van der Waals surface area contributed by atoms with Crippen molar-refractivity contribution in [3.05, 3.63) is 182 Å². The zero-order chi connectivity index (χ0) is 38.1. The lowest BCUT2D eigenvalue weighted by molar-refractivity contribution is 1.18. The van der Waals surface area contributed by atoms with Crippen molar-refractivity contribution >= 4 is 120 Å². The predicted molar refractivity (Wildman–Crippen MR) is 248 cm³/mol. The van der Waals surface area contributed by atoms with Gasteiger partial charge in [0.05, 0.1) is 44.1 Å². The molecule has 0 saturated heterocycles. The molecule has 6 aromatic heterocycles. The Labute approximate surface area is 335 Å². The van der Waals surface area contributed by atoms with Gasteiger partial charge in [-0.25, -0.2) is 4.98 Å². The summed E-state index contributed by atoms with van der Waals surface area (Å²) in [4.78, 5) is 5.73. The molecule has 0 amide bonds. The molecule has 0 spiro atoms. The van der Waals surface area contributed by atoms with E-state index in [4.69, 9.17) is 4.98 Å². The Morgan fingerprint density at radius 3 is 1.90 bits per heavy atom. The van der Waals surface area contributed by atoms with E-state index in [2.05, 4.69) is 195 Å². The number of aromatic nitrogens is 4. The van der Waals surface area contributed by atoms with E-state index in [9.17, 15) is 0 Å². The number of rotatable bonds is 2. The summed E-state index contributed by atoms with van der Waals surface area (Å²) in [5.74, 6) is 0. The molecule has 0 N–H and O–H groups in total. The largest absolute Gasteiger partial charge is 0.309 e. The molecule has 4 nitrogen and oxygen atoms in total. The number of nitrogens with zero attached hydrogens (tertiary/aromatic N) is 4. The monoisotopic (exact) mass is 746 g/mol. The Morgan fingerprint density at radius 2 is 1.02 bits per heavy atom. The van der Waals surface area contributed by atoms with E-state index in [0.717, 1.165) is 16.7 Å². The molecule has 0 unspecified atom stereocenters. The molecule has 0 radical (unpaired) electrons. The molecule has 0 saturated carbocycles. The van der Waals surface area contributed by atoms with Crippen LogP contribution in [0.15, 0.2) is 182 Å². The quantitative estimate of drug-likeness (QED) is 0.173. The van der Waals surface area contributed by atoms with Gasteiger partial charge in [-0.15, -0.1) is 0 Å². The maximum Gasteiger partial charge on any atom is 0.146 e. The average Bonchev–Trinajstić information content (AvgIpc) is 4.08. The van der Waals surface area contributed by atoms with Crippen molar-refractivity contribution in [2.75, 3.05) is 0 Å². The van der Waals surface area contributed by atoms with Crippen LogP contribution in [0.5, 0.6) is 0 Å². The first-order valence-corrected chi connectivity index (χ1v) is 20.4. The third-order valence-corrected chi connectivity index (χ3v) is 13.4. The van der Waals surface area contributed by atoms with Gasteiger partial charge in [-0.05, 0) is 81.7 Å². The van der Waals surface area contributed by atoms with Gasteiger partial charge in [-0.1, -0.05) is 127 Å². The Bertz CT molecular complexity index is 4300. The molecule has 15 rings (SSSR count). The van der Waals surface area contributed by atoms with Crippen LogP contribution in [0.25, 0.3) is 137 Å². The van der Waals surface area contributed by atoms with Gasteiger partial charge in [0.2, 0.25) is 0 Å². The molecule has 270 valence electrons. The first-order chi connectivity index (χ1) is 29.3. The second-order valence-electron chi connectivity index (χ2n) is 16.3. The van der Waals surface area contributed by atoms with Crippen LogP contribution in [0.3, 0.4) is 0 Å². The molecule has 0 atom stereocenters. The topological polar surface area (TPSA) is 26.6 Å². The minimum atomic E-state index is 1.01. The summed E-state index contributed by atoms with van der Waals surface area (Å²) in [7, 11) is 0. The molecule has 0 fully saturated rings. The summed E-state index contributed by atoms with van der Waals surface area (Å²) < 4.78 is 7.36. The summed E-state index contributed by atoms with van der Waals surface area (Å²) in [6, 6.07) is 67.2. The molecule has 9 aromatic carbocycles. The van der Waals surface area contributed by atoms with E-state index < -0.39 is 0 Å². The lowest BCUT2D eigenvalue weighted by atomic mass is 9.99. The van der Waals surface area contributed by atoms with Crippen LogP contribution in [0.1, 0.15) is 0 Å². The van der Waals surface area contributed by atoms with E-state index in [0.29, 0.717) is 0 Å². The van der Waals surface area contributed by atoms with Crippen molar-refractivity contribution in [2.24, 2.45) is 0 Å². The van der Waals surface area contributed by atoms with Crippen LogP contribution >= 0.6 is 0 Å². The molecule has 0 aliphatic carbocycles. The summed E-state index contributed by atoms with van der Waals surface area (Å²) >= 11 is 0. The Hall–Kier alpha value is -7.95. The molecular weight excluding hydrogens is 717 g/mol. The van der Waals surface area contributed by atoms with Crippen LogP contribution in [-0.4, -0.2) is 18.4 Å². The van der Waals surface area contributed by atoms with Gasteiger partial charge in [0.15, 0.2) is 0 Å². The highest BCUT2D eigenvalue weighted by Crippen LogP contribution is 2.47. The smallest absolute Gasteiger partial charge is 0.146 e. The fourth-order valence-corrected chi connectivity index (χ4v) is 11.0. The van der Waals surface area contributed by atoms with Crippen molar-refractivity contribution < 1.29 is 0 Å². The molecule has 0 aliphatic rings. The van der Waals surface area contributed by atoms with Gasteiger partial charge in [0.25, 0.3) is 0 Å². The molecule has 0 bridgehead atoms. The number of fused-ring (bicyclic) bond motifs is 18. The van der Waals surface area contributed by atoms with Crippen LogP contribution < -0.4 is 0 Å². The highest BCUT2D eigenvalue weighted by Gasteiger charge is 2.26. The summed E-state index contributed by atoms with van der Waals surface area (Å²) in [5.41, 5.74) is 14.1. The van der Waals surface area contributed by atoms with Gasteiger partial charge in [-0.3, -0.25) is 4.40 Å². The molecule has 15 aromatic rings. The van der Waals surface area contributed by atoms with E-state index in [-0.39, 0.29) is 0 Å². The van der Waals surface area contributed by atoms with Crippen LogP contribution in [0, 0.1) is 0 Å². The summed E-state index contributed by atoms with van der Waals surface area (Å²) in [6.07, 6.45) is 0. The highest BCUT2D eigenvalue weighted by molar-refractivity contribution is 6.33. The standard InChI is InChI=1S/C55H30N4/c1-2-15-35(16-3-1)57-46-23-9-8-18-38(46)42-27-34(24-25-47(42)57)37-19-10-20-39-40-21-11-22-41-51-49(58(52(37)39)53(40)41)30-44-43-28-33-14-6-7-17-36(33)50-45-26-31-12-4-5-13-32(31)29-48(45)59(54(43)50)55(44)56-51/h1-30H. The molecule has 0 aliphatic heterocycles. The Balaban J connectivity index is 1.08. The second kappa shape index (κ2) is 10.5. The Kier molecular flexibility index (Phi) is 5.38. The van der Waals surface area contributed by atoms with Gasteiger partial charge < -0.3 is 8.97 Å². The summed E-state index contributed by atoms with van der Waals surface area (Å²) in [5, 5.41) is 16.2. The van der Waals surface area contributed by atoms with E-state index in [1.807, 2.05) is 0 Å². The lowest BCUT2D eigenvalue weighted by Crippen LogP contribution is -1.93. The van der Waals surface area contributed by atoms with Crippen LogP contribution in [0.4, 0.5) is 0 Å². The van der Waals surface area contributed by atoms with Gasteiger partial charge in [0.1, 0.15) is 5.65 Å². The van der Waals surface area contributed by atoms with Gasteiger partial charge in [-0.2, -0.15) is 0 Å². The Morgan fingerprint density at radius 1 is 0.339 bits per heavy atom. The van der Waals surface area contributed by atoms with Gasteiger partial charge >= 0.3 is 0 Å². The lowest BCUT2D eigenvalue weighted by Gasteiger charge is -2.09. The van der Waals surface area contributed by atoms with Crippen molar-refractivity contribution in [2.45, 2.75) is 0 Å². The van der Waals surface area contributed by atoms with Crippen molar-refractivity contribution in [1.82, 2.24) is 18.4 Å². The highest BCUT2D eigenvalue weighted by atomic mass is 15.0. The fourth-order valence-electron chi connectivity index (χ4n) is 11.0. The first kappa shape index (κ1) is 30.2. The second-order valence-corrected chi connectivity index (χ2v) is 16.3. The fraction of sp³-hybridized carbons (Fsp3) is 0. The average molecular weight is 747 g/mol. The third kappa shape index (κ3) is 3.65. The van der Waals surface area contributed by atoms with Gasteiger partial charge in [0, 0.05) is 59.7 Å². The minimum Gasteiger partial charge on any atom is -0.309 e. The number of para-hydroxylation sites is 4. The molecule has 4 heteroatoms. The summed E-state index contributed by atoms with van der Waals surface area (Å²) in [6.45, 7) is 0. The minimum absolute atomic E-state index is 1.01. The maximum atomic E-state index is 5.73.